The second-order valence-electron chi connectivity index (χ2n) is 7.68. The Balaban J connectivity index is 3.67. The molecule has 0 aliphatic heterocycles. The van der Waals surface area contributed by atoms with Gasteiger partial charge in [-0.15, -0.1) is 0 Å². The van der Waals surface area contributed by atoms with E-state index in [2.05, 4.69) is 27.7 Å². The first-order valence-electron chi connectivity index (χ1n) is 8.83. The van der Waals surface area contributed by atoms with Gasteiger partial charge in [0.15, 0.2) is 0 Å². The molecule has 0 aliphatic carbocycles. The van der Waals surface area contributed by atoms with E-state index in [0.717, 1.165) is 18.3 Å². The van der Waals surface area contributed by atoms with Gasteiger partial charge < -0.3 is 15.9 Å². The van der Waals surface area contributed by atoms with E-state index in [0.29, 0.717) is 12.3 Å². The molecule has 0 radical (unpaired) electrons. The summed E-state index contributed by atoms with van der Waals surface area (Å²) in [5.74, 6) is 2.28. The normalized spacial score (nSPS) is 15.4. The van der Waals surface area contributed by atoms with Gasteiger partial charge in [-0.2, -0.15) is 0 Å². The van der Waals surface area contributed by atoms with E-state index < -0.39 is 5.54 Å². The topological polar surface area (TPSA) is 66.5 Å². The molecule has 0 aromatic heterocycles. The largest absolute Gasteiger partial charge is 0.394 e. The van der Waals surface area contributed by atoms with Crippen molar-refractivity contribution in [2.24, 2.45) is 23.5 Å². The number of hydrogen-bond donors (Lipinski definition) is 3. The predicted octanol–water partition coefficient (Wildman–Crippen LogP) is 3.72. The van der Waals surface area contributed by atoms with Crippen LogP contribution in [0.25, 0.3) is 0 Å². The van der Waals surface area contributed by atoms with Crippen molar-refractivity contribution < 1.29 is 10.2 Å². The highest BCUT2D eigenvalue weighted by Crippen LogP contribution is 2.22. The Kier molecular flexibility index (Phi) is 11.4. The highest BCUT2D eigenvalue weighted by molar-refractivity contribution is 4.82. The number of rotatable bonds is 13. The predicted molar refractivity (Wildman–Crippen MR) is 91.2 cm³/mol. The first-order valence-corrected chi connectivity index (χ1v) is 8.83. The maximum Gasteiger partial charge on any atom is 0.0633 e. The van der Waals surface area contributed by atoms with Crippen molar-refractivity contribution in [1.29, 1.82) is 0 Å². The fraction of sp³-hybridized carbons (Fsp3) is 1.00. The zero-order valence-electron chi connectivity index (χ0n) is 14.8. The maximum absolute atomic E-state index is 9.18. The molecule has 2 unspecified atom stereocenters. The Hall–Kier alpha value is -0.120. The van der Waals surface area contributed by atoms with Crippen LogP contribution in [0.2, 0.25) is 0 Å². The van der Waals surface area contributed by atoms with Gasteiger partial charge >= 0.3 is 0 Å². The molecule has 0 saturated carbocycles. The lowest BCUT2D eigenvalue weighted by atomic mass is 9.88. The van der Waals surface area contributed by atoms with Gasteiger partial charge in [-0.05, 0) is 30.6 Å². The molecule has 0 rings (SSSR count). The summed E-state index contributed by atoms with van der Waals surface area (Å²) in [4.78, 5) is 0. The third-order valence-electron chi connectivity index (χ3n) is 4.64. The molecule has 0 spiro atoms. The Labute approximate surface area is 132 Å². The fourth-order valence-corrected chi connectivity index (χ4v) is 2.72. The van der Waals surface area contributed by atoms with Crippen LogP contribution in [0.3, 0.4) is 0 Å². The SMILES string of the molecule is CC(C)CCCC(C)CCCC(C)CCC(N)(CO)CO. The van der Waals surface area contributed by atoms with Crippen LogP contribution in [0, 0.1) is 17.8 Å². The van der Waals surface area contributed by atoms with Gasteiger partial charge in [0.25, 0.3) is 0 Å². The summed E-state index contributed by atoms with van der Waals surface area (Å²) < 4.78 is 0. The van der Waals surface area contributed by atoms with Gasteiger partial charge in [0.2, 0.25) is 0 Å². The van der Waals surface area contributed by atoms with E-state index in [1.165, 1.54) is 38.5 Å². The minimum Gasteiger partial charge on any atom is -0.394 e. The van der Waals surface area contributed by atoms with Crippen LogP contribution in [0.4, 0.5) is 0 Å². The molecule has 0 aromatic carbocycles. The second-order valence-corrected chi connectivity index (χ2v) is 7.68. The fourth-order valence-electron chi connectivity index (χ4n) is 2.72. The van der Waals surface area contributed by atoms with Gasteiger partial charge in [0.1, 0.15) is 0 Å². The van der Waals surface area contributed by atoms with Crippen molar-refractivity contribution in [1.82, 2.24) is 0 Å². The molecule has 2 atom stereocenters. The van der Waals surface area contributed by atoms with Crippen molar-refractivity contribution in [3.63, 3.8) is 0 Å². The van der Waals surface area contributed by atoms with Crippen LogP contribution >= 0.6 is 0 Å². The molecule has 0 fully saturated rings. The van der Waals surface area contributed by atoms with Crippen molar-refractivity contribution in [2.45, 2.75) is 84.6 Å². The van der Waals surface area contributed by atoms with Crippen LogP contribution < -0.4 is 5.73 Å². The van der Waals surface area contributed by atoms with Crippen molar-refractivity contribution in [3.05, 3.63) is 0 Å². The molecule has 0 heterocycles. The third kappa shape index (κ3) is 11.1. The zero-order valence-corrected chi connectivity index (χ0v) is 14.8. The summed E-state index contributed by atoms with van der Waals surface area (Å²) in [5.41, 5.74) is 5.11. The van der Waals surface area contributed by atoms with E-state index >= 15 is 0 Å². The number of aliphatic hydroxyl groups excluding tert-OH is 2. The summed E-state index contributed by atoms with van der Waals surface area (Å²) >= 11 is 0. The quantitative estimate of drug-likeness (QED) is 0.486. The zero-order chi connectivity index (χ0) is 16.3. The van der Waals surface area contributed by atoms with Gasteiger partial charge in [0, 0.05) is 0 Å². The summed E-state index contributed by atoms with van der Waals surface area (Å²) in [7, 11) is 0. The smallest absolute Gasteiger partial charge is 0.0633 e. The minimum atomic E-state index is -0.793. The monoisotopic (exact) mass is 301 g/mol. The molecule has 0 saturated heterocycles. The average Bonchev–Trinajstić information content (AvgIpc) is 2.44. The average molecular weight is 302 g/mol. The third-order valence-corrected chi connectivity index (χ3v) is 4.64. The second kappa shape index (κ2) is 11.4. The molecular weight excluding hydrogens is 262 g/mol. The van der Waals surface area contributed by atoms with Crippen molar-refractivity contribution >= 4 is 0 Å². The lowest BCUT2D eigenvalue weighted by molar-refractivity contribution is 0.109. The van der Waals surface area contributed by atoms with E-state index in [-0.39, 0.29) is 13.2 Å². The van der Waals surface area contributed by atoms with E-state index in [9.17, 15) is 10.2 Å². The van der Waals surface area contributed by atoms with Gasteiger partial charge in [-0.25, -0.2) is 0 Å². The Morgan fingerprint density at radius 2 is 1.19 bits per heavy atom. The van der Waals surface area contributed by atoms with Gasteiger partial charge in [-0.1, -0.05) is 66.2 Å². The Morgan fingerprint density at radius 1 is 0.762 bits per heavy atom. The summed E-state index contributed by atoms with van der Waals surface area (Å²) in [6.07, 6.45) is 9.56. The van der Waals surface area contributed by atoms with Crippen LogP contribution in [-0.4, -0.2) is 29.0 Å². The summed E-state index contributed by atoms with van der Waals surface area (Å²) in [5, 5.41) is 18.4. The van der Waals surface area contributed by atoms with Gasteiger partial charge in [-0.3, -0.25) is 0 Å². The lowest BCUT2D eigenvalue weighted by Crippen LogP contribution is -2.47. The van der Waals surface area contributed by atoms with E-state index in [1.54, 1.807) is 0 Å². The number of hydrogen-bond acceptors (Lipinski definition) is 3. The van der Waals surface area contributed by atoms with Crippen LogP contribution in [0.1, 0.15) is 79.1 Å². The number of nitrogens with two attached hydrogens (primary N) is 1. The molecule has 0 aliphatic rings. The lowest BCUT2D eigenvalue weighted by Gasteiger charge is -2.26. The van der Waals surface area contributed by atoms with Crippen LogP contribution in [0.15, 0.2) is 0 Å². The first kappa shape index (κ1) is 20.9. The Morgan fingerprint density at radius 3 is 1.62 bits per heavy atom. The molecule has 4 N–H and O–H groups in total. The summed E-state index contributed by atoms with van der Waals surface area (Å²) in [6.45, 7) is 8.93. The molecule has 0 amide bonds. The first-order chi connectivity index (χ1) is 9.83. The molecular formula is C18H39NO2. The van der Waals surface area contributed by atoms with Crippen molar-refractivity contribution in [2.75, 3.05) is 13.2 Å². The van der Waals surface area contributed by atoms with Crippen molar-refractivity contribution in [3.8, 4) is 0 Å². The number of aliphatic hydroxyl groups is 2. The highest BCUT2D eigenvalue weighted by Gasteiger charge is 2.23. The standard InChI is InChI=1S/C18H39NO2/c1-15(2)7-5-8-16(3)9-6-10-17(4)11-12-18(19,13-20)14-21/h15-17,20-21H,5-14,19H2,1-4H3. The molecule has 128 valence electrons. The maximum atomic E-state index is 9.18. The van der Waals surface area contributed by atoms with E-state index in [4.69, 9.17) is 5.73 Å². The molecule has 0 bridgehead atoms. The molecule has 21 heavy (non-hydrogen) atoms. The minimum absolute atomic E-state index is 0.136. The summed E-state index contributed by atoms with van der Waals surface area (Å²) in [6, 6.07) is 0. The van der Waals surface area contributed by atoms with Crippen LogP contribution in [-0.2, 0) is 0 Å². The van der Waals surface area contributed by atoms with E-state index in [1.807, 2.05) is 0 Å². The van der Waals surface area contributed by atoms with Crippen LogP contribution in [0.5, 0.6) is 0 Å². The molecule has 0 aromatic rings. The molecule has 3 heteroatoms. The molecule has 3 nitrogen and oxygen atoms in total. The van der Waals surface area contributed by atoms with Gasteiger partial charge in [0.05, 0.1) is 18.8 Å². The highest BCUT2D eigenvalue weighted by atomic mass is 16.3. The Bertz CT molecular complexity index is 239.